The van der Waals surface area contributed by atoms with E-state index in [1.807, 2.05) is 51.5 Å². The fourth-order valence-electron chi connectivity index (χ4n) is 2.20. The lowest BCUT2D eigenvalue weighted by atomic mass is 10.0. The Morgan fingerprint density at radius 2 is 2.05 bits per heavy atom. The number of nitrogens with zero attached hydrogens (tertiary/aromatic N) is 3. The lowest BCUT2D eigenvalue weighted by molar-refractivity contribution is 0.0919. The molecule has 0 aliphatic carbocycles. The summed E-state index contributed by atoms with van der Waals surface area (Å²) in [5, 5.41) is 3.08. The number of nitrogens with one attached hydrogen (secondary N) is 1. The number of aryl methyl sites for hydroxylation is 1. The minimum atomic E-state index is -0.143. The van der Waals surface area contributed by atoms with Crippen molar-refractivity contribution in [1.82, 2.24) is 19.8 Å². The molecule has 0 saturated heterocycles. The van der Waals surface area contributed by atoms with E-state index in [9.17, 15) is 4.79 Å². The summed E-state index contributed by atoms with van der Waals surface area (Å²) in [5.41, 5.74) is 1.11. The monoisotopic (exact) mass is 286 g/mol. The standard InChI is InChI=1S/C16H22N4O/c1-19(2)11-9-14(13-7-5-4-6-8-13)18-16(21)15-17-10-12-20(15)3/h4-8,10,12,14H,9,11H2,1-3H3,(H,18,21). The van der Waals surface area contributed by atoms with Gasteiger partial charge in [-0.25, -0.2) is 4.98 Å². The minimum Gasteiger partial charge on any atom is -0.343 e. The number of carbonyl (C=O) groups excluding carboxylic acids is 1. The van der Waals surface area contributed by atoms with Gasteiger partial charge in [-0.05, 0) is 32.6 Å². The van der Waals surface area contributed by atoms with Crippen LogP contribution in [-0.2, 0) is 7.05 Å². The zero-order valence-corrected chi connectivity index (χ0v) is 12.8. The highest BCUT2D eigenvalue weighted by atomic mass is 16.2. The molecule has 112 valence electrons. The molecule has 1 N–H and O–H groups in total. The fourth-order valence-corrected chi connectivity index (χ4v) is 2.20. The molecule has 5 heteroatoms. The molecule has 0 aliphatic rings. The Balaban J connectivity index is 2.12. The molecule has 0 radical (unpaired) electrons. The van der Waals surface area contributed by atoms with Gasteiger partial charge < -0.3 is 14.8 Å². The second kappa shape index (κ2) is 7.04. The molecule has 0 spiro atoms. The third-order valence-corrected chi connectivity index (χ3v) is 3.40. The van der Waals surface area contributed by atoms with Gasteiger partial charge in [-0.15, -0.1) is 0 Å². The summed E-state index contributed by atoms with van der Waals surface area (Å²) in [6.45, 7) is 0.903. The van der Waals surface area contributed by atoms with Crippen LogP contribution >= 0.6 is 0 Å². The third-order valence-electron chi connectivity index (χ3n) is 3.40. The van der Waals surface area contributed by atoms with Crippen LogP contribution in [0.1, 0.15) is 28.6 Å². The second-order valence-electron chi connectivity index (χ2n) is 5.39. The molecular formula is C16H22N4O. The number of rotatable bonds is 6. The Hall–Kier alpha value is -2.14. The average Bonchev–Trinajstić information content (AvgIpc) is 2.90. The van der Waals surface area contributed by atoms with Crippen LogP contribution in [0.4, 0.5) is 0 Å². The Labute approximate surface area is 125 Å². The van der Waals surface area contributed by atoms with Crippen LogP contribution in [0.25, 0.3) is 0 Å². The van der Waals surface area contributed by atoms with E-state index in [1.165, 1.54) is 0 Å². The van der Waals surface area contributed by atoms with Gasteiger partial charge in [-0.1, -0.05) is 30.3 Å². The van der Waals surface area contributed by atoms with E-state index >= 15 is 0 Å². The highest BCUT2D eigenvalue weighted by Crippen LogP contribution is 2.17. The lowest BCUT2D eigenvalue weighted by Crippen LogP contribution is -2.32. The predicted octanol–water partition coefficient (Wildman–Crippen LogP) is 1.84. The summed E-state index contributed by atoms with van der Waals surface area (Å²) in [4.78, 5) is 18.6. The number of carbonyl (C=O) groups is 1. The van der Waals surface area contributed by atoms with Gasteiger partial charge in [-0.2, -0.15) is 0 Å². The molecule has 1 amide bonds. The zero-order valence-electron chi connectivity index (χ0n) is 12.8. The molecule has 0 fully saturated rings. The van der Waals surface area contributed by atoms with E-state index in [1.54, 1.807) is 17.0 Å². The summed E-state index contributed by atoms with van der Waals surface area (Å²) >= 11 is 0. The summed E-state index contributed by atoms with van der Waals surface area (Å²) in [6.07, 6.45) is 4.26. The van der Waals surface area contributed by atoms with Gasteiger partial charge in [0.25, 0.3) is 5.91 Å². The van der Waals surface area contributed by atoms with Crippen LogP contribution < -0.4 is 5.32 Å². The smallest absolute Gasteiger partial charge is 0.287 e. The molecule has 21 heavy (non-hydrogen) atoms. The molecule has 5 nitrogen and oxygen atoms in total. The van der Waals surface area contributed by atoms with E-state index in [0.29, 0.717) is 5.82 Å². The van der Waals surface area contributed by atoms with Crippen molar-refractivity contribution in [3.8, 4) is 0 Å². The minimum absolute atomic E-state index is 0.0159. The van der Waals surface area contributed by atoms with E-state index < -0.39 is 0 Å². The summed E-state index contributed by atoms with van der Waals surface area (Å²) < 4.78 is 1.73. The normalized spacial score (nSPS) is 12.4. The molecular weight excluding hydrogens is 264 g/mol. The largest absolute Gasteiger partial charge is 0.343 e. The number of amides is 1. The first-order chi connectivity index (χ1) is 10.1. The molecule has 1 atom stereocenters. The number of imidazole rings is 1. The van der Waals surface area contributed by atoms with E-state index in [0.717, 1.165) is 18.5 Å². The second-order valence-corrected chi connectivity index (χ2v) is 5.39. The van der Waals surface area contributed by atoms with Gasteiger partial charge in [0.2, 0.25) is 0 Å². The highest BCUT2D eigenvalue weighted by molar-refractivity contribution is 5.91. The van der Waals surface area contributed by atoms with Crippen LogP contribution in [0, 0.1) is 0 Å². The van der Waals surface area contributed by atoms with Crippen molar-refractivity contribution in [2.75, 3.05) is 20.6 Å². The molecule has 1 aromatic heterocycles. The Bertz CT molecular complexity index is 577. The van der Waals surface area contributed by atoms with E-state index in [2.05, 4.69) is 15.2 Å². The van der Waals surface area contributed by atoms with Gasteiger partial charge in [0.15, 0.2) is 5.82 Å². The molecule has 0 saturated carbocycles. The van der Waals surface area contributed by atoms with Gasteiger partial charge >= 0.3 is 0 Å². The van der Waals surface area contributed by atoms with Crippen LogP contribution in [0.3, 0.4) is 0 Å². The van der Waals surface area contributed by atoms with E-state index in [-0.39, 0.29) is 11.9 Å². The molecule has 1 unspecified atom stereocenters. The maximum Gasteiger partial charge on any atom is 0.287 e. The molecule has 0 bridgehead atoms. The van der Waals surface area contributed by atoms with Crippen molar-refractivity contribution in [2.24, 2.45) is 7.05 Å². The Morgan fingerprint density at radius 1 is 1.33 bits per heavy atom. The molecule has 1 aromatic carbocycles. The van der Waals surface area contributed by atoms with E-state index in [4.69, 9.17) is 0 Å². The molecule has 0 aliphatic heterocycles. The summed E-state index contributed by atoms with van der Waals surface area (Å²) in [6, 6.07) is 10.0. The van der Waals surface area contributed by atoms with Crippen molar-refractivity contribution in [3.63, 3.8) is 0 Å². The molecule has 1 heterocycles. The average molecular weight is 286 g/mol. The number of aromatic nitrogens is 2. The van der Waals surface area contributed by atoms with Crippen molar-refractivity contribution in [1.29, 1.82) is 0 Å². The van der Waals surface area contributed by atoms with Gasteiger partial charge in [0, 0.05) is 19.4 Å². The SMILES string of the molecule is CN(C)CCC(NC(=O)c1nccn1C)c1ccccc1. The fraction of sp³-hybridized carbons (Fsp3) is 0.375. The van der Waals surface area contributed by atoms with Crippen LogP contribution in [0.2, 0.25) is 0 Å². The topological polar surface area (TPSA) is 50.2 Å². The van der Waals surface area contributed by atoms with Gasteiger partial charge in [0.05, 0.1) is 6.04 Å². The van der Waals surface area contributed by atoms with Crippen molar-refractivity contribution in [2.45, 2.75) is 12.5 Å². The zero-order chi connectivity index (χ0) is 15.2. The predicted molar refractivity (Wildman–Crippen MR) is 83.0 cm³/mol. The Morgan fingerprint density at radius 3 is 2.62 bits per heavy atom. The summed E-state index contributed by atoms with van der Waals surface area (Å²) in [5.74, 6) is 0.288. The number of hydrogen-bond acceptors (Lipinski definition) is 3. The van der Waals surface area contributed by atoms with Crippen molar-refractivity contribution < 1.29 is 4.79 Å². The summed E-state index contributed by atoms with van der Waals surface area (Å²) in [7, 11) is 5.88. The van der Waals surface area contributed by atoms with Crippen LogP contribution in [0.15, 0.2) is 42.7 Å². The molecule has 2 aromatic rings. The highest BCUT2D eigenvalue weighted by Gasteiger charge is 2.18. The van der Waals surface area contributed by atoms with Crippen molar-refractivity contribution in [3.05, 3.63) is 54.1 Å². The first kappa shape index (κ1) is 15.3. The van der Waals surface area contributed by atoms with Crippen molar-refractivity contribution >= 4 is 5.91 Å². The Kier molecular flexibility index (Phi) is 5.11. The van der Waals surface area contributed by atoms with Crippen LogP contribution in [-0.4, -0.2) is 41.0 Å². The lowest BCUT2D eigenvalue weighted by Gasteiger charge is -2.21. The number of benzene rings is 1. The first-order valence-electron chi connectivity index (χ1n) is 7.06. The quantitative estimate of drug-likeness (QED) is 0.881. The first-order valence-corrected chi connectivity index (χ1v) is 7.06. The van der Waals surface area contributed by atoms with Crippen LogP contribution in [0.5, 0.6) is 0 Å². The molecule has 2 rings (SSSR count). The third kappa shape index (κ3) is 4.16. The number of hydrogen-bond donors (Lipinski definition) is 1. The van der Waals surface area contributed by atoms with Gasteiger partial charge in [-0.3, -0.25) is 4.79 Å². The maximum absolute atomic E-state index is 12.3. The van der Waals surface area contributed by atoms with Gasteiger partial charge in [0.1, 0.15) is 0 Å². The maximum atomic E-state index is 12.3.